The second kappa shape index (κ2) is 5.96. The van der Waals surface area contributed by atoms with E-state index in [1.807, 2.05) is 5.38 Å². The summed E-state index contributed by atoms with van der Waals surface area (Å²) in [7, 11) is 0. The maximum Gasteiger partial charge on any atom is 0.416 e. The molecule has 7 heteroatoms. The van der Waals surface area contributed by atoms with Crippen molar-refractivity contribution in [3.63, 3.8) is 0 Å². The van der Waals surface area contributed by atoms with Crippen LogP contribution in [0.2, 0.25) is 0 Å². The van der Waals surface area contributed by atoms with Crippen molar-refractivity contribution in [3.05, 3.63) is 57.8 Å². The lowest BCUT2D eigenvalue weighted by molar-refractivity contribution is -0.138. The lowest BCUT2D eigenvalue weighted by Gasteiger charge is -2.11. The maximum atomic E-state index is 12.7. The van der Waals surface area contributed by atoms with Crippen LogP contribution in [-0.4, -0.2) is 5.84 Å². The van der Waals surface area contributed by atoms with E-state index in [4.69, 9.17) is 10.6 Å². The Morgan fingerprint density at radius 2 is 1.95 bits per heavy atom. The zero-order valence-corrected chi connectivity index (χ0v) is 11.0. The number of nitrogens with zero attached hydrogens (tertiary/aromatic N) is 1. The van der Waals surface area contributed by atoms with Gasteiger partial charge in [0.15, 0.2) is 5.84 Å². The number of halogens is 3. The quantitative estimate of drug-likeness (QED) is 0.533. The lowest BCUT2D eigenvalue weighted by Crippen LogP contribution is -2.13. The van der Waals surface area contributed by atoms with Crippen LogP contribution in [0.1, 0.15) is 16.0 Å². The largest absolute Gasteiger partial charge is 0.416 e. The minimum Gasteiger partial charge on any atom is -0.389 e. The number of rotatable bonds is 4. The van der Waals surface area contributed by atoms with Crippen molar-refractivity contribution in [2.75, 3.05) is 0 Å². The Kier molecular flexibility index (Phi) is 4.29. The maximum absolute atomic E-state index is 12.7. The van der Waals surface area contributed by atoms with E-state index in [1.165, 1.54) is 29.5 Å². The minimum atomic E-state index is -4.41. The Hall–Kier alpha value is -2.02. The Balaban J connectivity index is 2.07. The van der Waals surface area contributed by atoms with Crippen molar-refractivity contribution in [1.29, 1.82) is 0 Å². The fourth-order valence-corrected chi connectivity index (χ4v) is 2.18. The second-order valence-electron chi connectivity index (χ2n) is 3.88. The summed E-state index contributed by atoms with van der Waals surface area (Å²) in [5.41, 5.74) is 4.93. The Morgan fingerprint density at radius 1 is 1.20 bits per heavy atom. The third-order valence-electron chi connectivity index (χ3n) is 2.48. The Bertz CT molecular complexity index is 594. The smallest absolute Gasteiger partial charge is 0.389 e. The van der Waals surface area contributed by atoms with Gasteiger partial charge in [-0.15, -0.1) is 11.3 Å². The molecule has 0 bridgehead atoms. The van der Waals surface area contributed by atoms with Gasteiger partial charge in [0.05, 0.1) is 10.4 Å². The molecule has 0 atom stereocenters. The van der Waals surface area contributed by atoms with Crippen LogP contribution in [0, 0.1) is 0 Å². The van der Waals surface area contributed by atoms with Gasteiger partial charge in [0, 0.05) is 5.56 Å². The summed E-state index contributed by atoms with van der Waals surface area (Å²) in [4.78, 5) is 5.61. The summed E-state index contributed by atoms with van der Waals surface area (Å²) < 4.78 is 38.2. The van der Waals surface area contributed by atoms with E-state index in [0.717, 1.165) is 6.07 Å². The van der Waals surface area contributed by atoms with Gasteiger partial charge in [-0.2, -0.15) is 13.2 Å². The van der Waals surface area contributed by atoms with Gasteiger partial charge in [0.25, 0.3) is 0 Å². The molecule has 1 heterocycles. The number of alkyl halides is 3. The molecule has 0 saturated carbocycles. The highest BCUT2D eigenvalue weighted by Crippen LogP contribution is 2.32. The van der Waals surface area contributed by atoms with E-state index in [-0.39, 0.29) is 18.0 Å². The van der Waals surface area contributed by atoms with Crippen LogP contribution in [-0.2, 0) is 17.6 Å². The van der Waals surface area contributed by atoms with Crippen LogP contribution >= 0.6 is 11.3 Å². The molecule has 0 aliphatic carbocycles. The van der Waals surface area contributed by atoms with Crippen LogP contribution in [0.25, 0.3) is 0 Å². The molecule has 3 nitrogen and oxygen atoms in total. The van der Waals surface area contributed by atoms with E-state index in [0.29, 0.717) is 4.88 Å². The number of thiophene rings is 1. The van der Waals surface area contributed by atoms with Crippen LogP contribution in [0.3, 0.4) is 0 Å². The van der Waals surface area contributed by atoms with Crippen molar-refractivity contribution in [3.8, 4) is 0 Å². The molecule has 0 aliphatic rings. The third kappa shape index (κ3) is 3.51. The summed E-state index contributed by atoms with van der Waals surface area (Å²) in [6, 6.07) is 8.73. The van der Waals surface area contributed by atoms with E-state index >= 15 is 0 Å². The van der Waals surface area contributed by atoms with Crippen LogP contribution in [0.5, 0.6) is 0 Å². The molecule has 0 unspecified atom stereocenters. The number of hydrogen-bond donors (Lipinski definition) is 1. The SMILES string of the molecule is N/C(=N/OCc1ccccc1C(F)(F)F)c1cccs1. The first-order chi connectivity index (χ1) is 9.48. The average Bonchev–Trinajstić information content (AvgIpc) is 2.92. The van der Waals surface area contributed by atoms with Crippen molar-refractivity contribution < 1.29 is 18.0 Å². The van der Waals surface area contributed by atoms with Crippen molar-refractivity contribution >= 4 is 17.2 Å². The second-order valence-corrected chi connectivity index (χ2v) is 4.83. The number of benzene rings is 1. The monoisotopic (exact) mass is 300 g/mol. The average molecular weight is 300 g/mol. The molecule has 0 amide bonds. The van der Waals surface area contributed by atoms with E-state index in [9.17, 15) is 13.2 Å². The highest BCUT2D eigenvalue weighted by atomic mass is 32.1. The molecule has 2 N–H and O–H groups in total. The number of amidine groups is 1. The molecule has 0 fully saturated rings. The van der Waals surface area contributed by atoms with Gasteiger partial charge < -0.3 is 10.6 Å². The molecule has 106 valence electrons. The fourth-order valence-electron chi connectivity index (χ4n) is 1.56. The zero-order valence-electron chi connectivity index (χ0n) is 10.2. The molecule has 1 aromatic carbocycles. The first kappa shape index (κ1) is 14.4. The number of oxime groups is 1. The van der Waals surface area contributed by atoms with E-state index in [1.54, 1.807) is 12.1 Å². The van der Waals surface area contributed by atoms with E-state index < -0.39 is 11.7 Å². The zero-order chi connectivity index (χ0) is 14.6. The highest BCUT2D eigenvalue weighted by molar-refractivity contribution is 7.12. The summed E-state index contributed by atoms with van der Waals surface area (Å²) >= 11 is 1.37. The Morgan fingerprint density at radius 3 is 2.60 bits per heavy atom. The van der Waals surface area contributed by atoms with Crippen molar-refractivity contribution in [2.24, 2.45) is 10.9 Å². The number of hydrogen-bond acceptors (Lipinski definition) is 3. The molecule has 0 aliphatic heterocycles. The predicted octanol–water partition coefficient (Wildman–Crippen LogP) is 3.60. The van der Waals surface area contributed by atoms with Gasteiger partial charge in [0.1, 0.15) is 6.61 Å². The van der Waals surface area contributed by atoms with Crippen molar-refractivity contribution in [1.82, 2.24) is 0 Å². The highest BCUT2D eigenvalue weighted by Gasteiger charge is 2.32. The topological polar surface area (TPSA) is 47.6 Å². The lowest BCUT2D eigenvalue weighted by atomic mass is 10.1. The minimum absolute atomic E-state index is 0.0164. The van der Waals surface area contributed by atoms with Gasteiger partial charge >= 0.3 is 6.18 Å². The molecular formula is C13H11F3N2OS. The molecular weight excluding hydrogens is 289 g/mol. The van der Waals surface area contributed by atoms with Crippen LogP contribution in [0.4, 0.5) is 13.2 Å². The molecule has 2 aromatic rings. The van der Waals surface area contributed by atoms with Gasteiger partial charge in [-0.1, -0.05) is 29.4 Å². The molecule has 1 aromatic heterocycles. The third-order valence-corrected chi connectivity index (χ3v) is 3.37. The van der Waals surface area contributed by atoms with Crippen LogP contribution < -0.4 is 5.73 Å². The summed E-state index contributed by atoms with van der Waals surface area (Å²) in [6.45, 7) is -0.290. The standard InChI is InChI=1S/C13H11F3N2OS/c14-13(15,16)10-5-2-1-4-9(10)8-19-18-12(17)11-6-3-7-20-11/h1-7H,8H2,(H2,17,18). The molecule has 20 heavy (non-hydrogen) atoms. The molecule has 0 radical (unpaired) electrons. The summed E-state index contributed by atoms with van der Waals surface area (Å²) in [6.07, 6.45) is -4.41. The predicted molar refractivity (Wildman–Crippen MR) is 71.3 cm³/mol. The van der Waals surface area contributed by atoms with E-state index in [2.05, 4.69) is 5.16 Å². The number of nitrogens with two attached hydrogens (primary N) is 1. The normalized spacial score (nSPS) is 12.4. The first-order valence-corrected chi connectivity index (χ1v) is 6.51. The summed E-state index contributed by atoms with van der Waals surface area (Å²) in [5.74, 6) is 0.143. The van der Waals surface area contributed by atoms with Gasteiger partial charge in [-0.25, -0.2) is 0 Å². The van der Waals surface area contributed by atoms with Crippen molar-refractivity contribution in [2.45, 2.75) is 12.8 Å². The first-order valence-electron chi connectivity index (χ1n) is 5.63. The van der Waals surface area contributed by atoms with Crippen LogP contribution in [0.15, 0.2) is 46.9 Å². The van der Waals surface area contributed by atoms with Gasteiger partial charge in [-0.05, 0) is 17.5 Å². The Labute approximate surface area is 117 Å². The van der Waals surface area contributed by atoms with Gasteiger partial charge in [0.2, 0.25) is 0 Å². The molecule has 0 saturated heterocycles. The molecule has 2 rings (SSSR count). The molecule has 0 spiro atoms. The fraction of sp³-hybridized carbons (Fsp3) is 0.154. The van der Waals surface area contributed by atoms with Gasteiger partial charge in [-0.3, -0.25) is 0 Å². The summed E-state index contributed by atoms with van der Waals surface area (Å²) in [5, 5.41) is 5.44.